The summed E-state index contributed by atoms with van der Waals surface area (Å²) in [5.74, 6) is -1.85. The fraction of sp³-hybridized carbons (Fsp3) is 0.800. The maximum atomic E-state index is 11.1. The molecule has 5 heteroatoms. The summed E-state index contributed by atoms with van der Waals surface area (Å²) in [6.07, 6.45) is 2.47. The first kappa shape index (κ1) is 12.0. The van der Waals surface area contributed by atoms with E-state index < -0.39 is 11.9 Å². The van der Waals surface area contributed by atoms with E-state index in [1.807, 2.05) is 6.92 Å². The van der Waals surface area contributed by atoms with Crippen LogP contribution in [0, 0.1) is 0 Å². The van der Waals surface area contributed by atoms with Gasteiger partial charge in [-0.05, 0) is 19.3 Å². The SMILES string of the molecule is CCCOC(=O)C(=O)OCC1CCCO1. The summed E-state index contributed by atoms with van der Waals surface area (Å²) < 4.78 is 14.6. The van der Waals surface area contributed by atoms with Gasteiger partial charge in [0, 0.05) is 6.61 Å². The number of hydrogen-bond donors (Lipinski definition) is 0. The van der Waals surface area contributed by atoms with Crippen LogP contribution in [0.3, 0.4) is 0 Å². The Morgan fingerprint density at radius 3 is 2.67 bits per heavy atom. The first-order valence-electron chi connectivity index (χ1n) is 5.19. The van der Waals surface area contributed by atoms with Crippen LogP contribution in [0.25, 0.3) is 0 Å². The summed E-state index contributed by atoms with van der Waals surface area (Å²) in [6, 6.07) is 0. The summed E-state index contributed by atoms with van der Waals surface area (Å²) in [4.78, 5) is 22.0. The van der Waals surface area contributed by atoms with Crippen LogP contribution < -0.4 is 0 Å². The van der Waals surface area contributed by atoms with Crippen molar-refractivity contribution in [2.24, 2.45) is 0 Å². The van der Waals surface area contributed by atoms with Crippen molar-refractivity contribution in [3.63, 3.8) is 0 Å². The third-order valence-electron chi connectivity index (χ3n) is 2.03. The molecule has 1 heterocycles. The Labute approximate surface area is 88.7 Å². The Morgan fingerprint density at radius 1 is 1.33 bits per heavy atom. The maximum absolute atomic E-state index is 11.1. The number of esters is 2. The van der Waals surface area contributed by atoms with E-state index in [4.69, 9.17) is 9.47 Å². The van der Waals surface area contributed by atoms with Gasteiger partial charge in [-0.25, -0.2) is 9.59 Å². The molecule has 5 nitrogen and oxygen atoms in total. The lowest BCUT2D eigenvalue weighted by atomic mass is 10.2. The highest BCUT2D eigenvalue weighted by Crippen LogP contribution is 2.11. The van der Waals surface area contributed by atoms with Crippen molar-refractivity contribution >= 4 is 11.9 Å². The lowest BCUT2D eigenvalue weighted by Crippen LogP contribution is -2.25. The molecule has 1 fully saturated rings. The minimum atomic E-state index is -0.932. The van der Waals surface area contributed by atoms with E-state index in [0.29, 0.717) is 13.0 Å². The predicted molar refractivity (Wildman–Crippen MR) is 51.2 cm³/mol. The highest BCUT2D eigenvalue weighted by molar-refractivity contribution is 6.29. The topological polar surface area (TPSA) is 61.8 Å². The predicted octanol–water partition coefficient (Wildman–Crippen LogP) is 0.662. The Kier molecular flexibility index (Phi) is 5.10. The molecule has 15 heavy (non-hydrogen) atoms. The number of carbonyl (C=O) groups is 2. The third-order valence-corrected chi connectivity index (χ3v) is 2.03. The summed E-state index contributed by atoms with van der Waals surface area (Å²) in [5.41, 5.74) is 0. The van der Waals surface area contributed by atoms with E-state index in [1.165, 1.54) is 0 Å². The molecule has 1 aliphatic rings. The van der Waals surface area contributed by atoms with Crippen LogP contribution in [0.5, 0.6) is 0 Å². The molecular weight excluding hydrogens is 200 g/mol. The summed E-state index contributed by atoms with van der Waals surface area (Å²) in [6.45, 7) is 2.93. The van der Waals surface area contributed by atoms with E-state index in [0.717, 1.165) is 12.8 Å². The molecule has 0 bridgehead atoms. The van der Waals surface area contributed by atoms with Crippen molar-refractivity contribution in [1.29, 1.82) is 0 Å². The van der Waals surface area contributed by atoms with Gasteiger partial charge in [0.25, 0.3) is 0 Å². The van der Waals surface area contributed by atoms with Crippen LogP contribution in [0.4, 0.5) is 0 Å². The van der Waals surface area contributed by atoms with Gasteiger partial charge in [0.2, 0.25) is 0 Å². The number of carbonyl (C=O) groups excluding carboxylic acids is 2. The van der Waals surface area contributed by atoms with Crippen LogP contribution in [0.1, 0.15) is 26.2 Å². The van der Waals surface area contributed by atoms with Gasteiger partial charge in [-0.3, -0.25) is 0 Å². The highest BCUT2D eigenvalue weighted by Gasteiger charge is 2.21. The first-order chi connectivity index (χ1) is 7.24. The van der Waals surface area contributed by atoms with Gasteiger partial charge >= 0.3 is 11.9 Å². The maximum Gasteiger partial charge on any atom is 0.417 e. The van der Waals surface area contributed by atoms with Crippen LogP contribution in [0.2, 0.25) is 0 Å². The van der Waals surface area contributed by atoms with Gasteiger partial charge in [-0.1, -0.05) is 6.92 Å². The molecule has 1 atom stereocenters. The molecule has 0 N–H and O–H groups in total. The van der Waals surface area contributed by atoms with Crippen molar-refractivity contribution in [3.05, 3.63) is 0 Å². The molecule has 1 rings (SSSR count). The van der Waals surface area contributed by atoms with E-state index in [1.54, 1.807) is 0 Å². The minimum Gasteiger partial charge on any atom is -0.457 e. The normalized spacial score (nSPS) is 19.9. The fourth-order valence-electron chi connectivity index (χ4n) is 1.26. The Morgan fingerprint density at radius 2 is 2.07 bits per heavy atom. The lowest BCUT2D eigenvalue weighted by Gasteiger charge is -2.09. The zero-order valence-corrected chi connectivity index (χ0v) is 8.86. The monoisotopic (exact) mass is 216 g/mol. The van der Waals surface area contributed by atoms with Gasteiger partial charge < -0.3 is 14.2 Å². The molecule has 0 amide bonds. The summed E-state index contributed by atoms with van der Waals surface area (Å²) in [7, 11) is 0. The smallest absolute Gasteiger partial charge is 0.417 e. The standard InChI is InChI=1S/C10H16O5/c1-2-5-14-9(11)10(12)15-7-8-4-3-6-13-8/h8H,2-7H2,1H3. The Balaban J connectivity index is 2.14. The largest absolute Gasteiger partial charge is 0.457 e. The van der Waals surface area contributed by atoms with E-state index >= 15 is 0 Å². The molecule has 1 aliphatic heterocycles. The highest BCUT2D eigenvalue weighted by atomic mass is 16.6. The summed E-state index contributed by atoms with van der Waals surface area (Å²) >= 11 is 0. The minimum absolute atomic E-state index is 0.0621. The second-order valence-electron chi connectivity index (χ2n) is 3.37. The van der Waals surface area contributed by atoms with E-state index in [9.17, 15) is 9.59 Å². The zero-order valence-electron chi connectivity index (χ0n) is 8.86. The quantitative estimate of drug-likeness (QED) is 0.510. The van der Waals surface area contributed by atoms with Crippen molar-refractivity contribution in [1.82, 2.24) is 0 Å². The number of hydrogen-bond acceptors (Lipinski definition) is 5. The molecule has 0 aromatic carbocycles. The molecule has 86 valence electrons. The molecule has 1 unspecified atom stereocenters. The van der Waals surface area contributed by atoms with Gasteiger partial charge in [0.05, 0.1) is 12.7 Å². The van der Waals surface area contributed by atoms with Crippen molar-refractivity contribution in [3.8, 4) is 0 Å². The van der Waals surface area contributed by atoms with Crippen LogP contribution in [-0.2, 0) is 23.8 Å². The zero-order chi connectivity index (χ0) is 11.1. The first-order valence-corrected chi connectivity index (χ1v) is 5.19. The molecule has 0 spiro atoms. The van der Waals surface area contributed by atoms with Crippen LogP contribution in [-0.4, -0.2) is 37.9 Å². The Hall–Kier alpha value is -1.10. The van der Waals surface area contributed by atoms with E-state index in [2.05, 4.69) is 4.74 Å². The molecule has 1 saturated heterocycles. The van der Waals surface area contributed by atoms with Crippen molar-refractivity contribution < 1.29 is 23.8 Å². The van der Waals surface area contributed by atoms with Gasteiger partial charge in [0.15, 0.2) is 0 Å². The van der Waals surface area contributed by atoms with Gasteiger partial charge in [-0.15, -0.1) is 0 Å². The average molecular weight is 216 g/mol. The molecular formula is C10H16O5. The lowest BCUT2D eigenvalue weighted by molar-refractivity contribution is -0.169. The second kappa shape index (κ2) is 6.40. The van der Waals surface area contributed by atoms with Crippen LogP contribution in [0.15, 0.2) is 0 Å². The fourth-order valence-corrected chi connectivity index (χ4v) is 1.26. The number of ether oxygens (including phenoxy) is 3. The van der Waals surface area contributed by atoms with E-state index in [-0.39, 0.29) is 19.3 Å². The van der Waals surface area contributed by atoms with Crippen molar-refractivity contribution in [2.75, 3.05) is 19.8 Å². The molecule has 0 aromatic heterocycles. The van der Waals surface area contributed by atoms with Crippen molar-refractivity contribution in [2.45, 2.75) is 32.3 Å². The molecule has 0 aromatic rings. The van der Waals surface area contributed by atoms with Gasteiger partial charge in [-0.2, -0.15) is 0 Å². The van der Waals surface area contributed by atoms with Crippen LogP contribution >= 0.6 is 0 Å². The molecule has 0 radical (unpaired) electrons. The Bertz CT molecular complexity index is 220. The molecule has 0 saturated carbocycles. The van der Waals surface area contributed by atoms with Gasteiger partial charge in [0.1, 0.15) is 6.61 Å². The second-order valence-corrected chi connectivity index (χ2v) is 3.37. The third kappa shape index (κ3) is 4.29. The number of rotatable bonds is 4. The average Bonchev–Trinajstić information content (AvgIpc) is 2.75. The molecule has 0 aliphatic carbocycles. The summed E-state index contributed by atoms with van der Waals surface area (Å²) in [5, 5.41) is 0.